The van der Waals surface area contributed by atoms with Gasteiger partial charge in [-0.25, -0.2) is 0 Å². The molecule has 1 heterocycles. The summed E-state index contributed by atoms with van der Waals surface area (Å²) in [6.45, 7) is 4.11. The van der Waals surface area contributed by atoms with Crippen molar-refractivity contribution in [3.8, 4) is 0 Å². The van der Waals surface area contributed by atoms with Crippen molar-refractivity contribution >= 4 is 0 Å². The van der Waals surface area contributed by atoms with Crippen molar-refractivity contribution in [1.82, 2.24) is 4.98 Å². The molecular weight excluding hydrogens is 220 g/mol. The first-order valence-electron chi connectivity index (χ1n) is 7.32. The standard InChI is InChI=1S/C16H24N2/c1-10-5-15(6-11(2)18-10)16(17)9-14-8-12-3-4-13(14)7-12/h5-6,12-14,16H,3-4,7-9,17H2,1-2H3. The number of aromatic nitrogens is 1. The summed E-state index contributed by atoms with van der Waals surface area (Å²) in [6.07, 6.45) is 7.01. The SMILES string of the molecule is Cc1cc(C(N)CC2CC3CCC2C3)cc(C)n1. The molecular formula is C16H24N2. The van der Waals surface area contributed by atoms with Crippen molar-refractivity contribution in [2.75, 3.05) is 0 Å². The lowest BCUT2D eigenvalue weighted by Gasteiger charge is -2.25. The van der Waals surface area contributed by atoms with E-state index in [9.17, 15) is 0 Å². The first-order chi connectivity index (χ1) is 8.61. The van der Waals surface area contributed by atoms with Crippen molar-refractivity contribution in [2.24, 2.45) is 23.5 Å². The molecule has 98 valence electrons. The Morgan fingerprint density at radius 2 is 1.94 bits per heavy atom. The quantitative estimate of drug-likeness (QED) is 0.883. The highest BCUT2D eigenvalue weighted by Gasteiger charge is 2.39. The molecule has 0 aliphatic heterocycles. The van der Waals surface area contributed by atoms with E-state index in [1.165, 1.54) is 37.7 Å². The summed E-state index contributed by atoms with van der Waals surface area (Å²) in [5, 5.41) is 0. The van der Waals surface area contributed by atoms with E-state index in [-0.39, 0.29) is 6.04 Å². The van der Waals surface area contributed by atoms with Gasteiger partial charge in [0.1, 0.15) is 0 Å². The largest absolute Gasteiger partial charge is 0.324 e. The van der Waals surface area contributed by atoms with Gasteiger partial charge in [-0.3, -0.25) is 4.98 Å². The van der Waals surface area contributed by atoms with Crippen LogP contribution in [0.4, 0.5) is 0 Å². The molecule has 0 saturated heterocycles. The number of hydrogen-bond acceptors (Lipinski definition) is 2. The Bertz CT molecular complexity index is 420. The predicted molar refractivity (Wildman–Crippen MR) is 74.2 cm³/mol. The lowest BCUT2D eigenvalue weighted by Crippen LogP contribution is -2.19. The van der Waals surface area contributed by atoms with Gasteiger partial charge in [0.2, 0.25) is 0 Å². The zero-order valence-electron chi connectivity index (χ0n) is 11.5. The van der Waals surface area contributed by atoms with E-state index >= 15 is 0 Å². The van der Waals surface area contributed by atoms with Gasteiger partial charge in [0.15, 0.2) is 0 Å². The maximum atomic E-state index is 6.42. The summed E-state index contributed by atoms with van der Waals surface area (Å²) in [7, 11) is 0. The van der Waals surface area contributed by atoms with Gasteiger partial charge < -0.3 is 5.73 Å². The normalized spacial score (nSPS) is 31.8. The molecule has 2 N–H and O–H groups in total. The fourth-order valence-corrected chi connectivity index (χ4v) is 4.21. The monoisotopic (exact) mass is 244 g/mol. The Balaban J connectivity index is 1.69. The highest BCUT2D eigenvalue weighted by atomic mass is 14.7. The summed E-state index contributed by atoms with van der Waals surface area (Å²) >= 11 is 0. The minimum absolute atomic E-state index is 0.203. The zero-order valence-corrected chi connectivity index (χ0v) is 11.5. The fourth-order valence-electron chi connectivity index (χ4n) is 4.21. The lowest BCUT2D eigenvalue weighted by atomic mass is 9.83. The van der Waals surface area contributed by atoms with Crippen LogP contribution < -0.4 is 5.73 Å². The van der Waals surface area contributed by atoms with E-state index in [2.05, 4.69) is 31.0 Å². The van der Waals surface area contributed by atoms with E-state index in [4.69, 9.17) is 5.73 Å². The second kappa shape index (κ2) is 4.65. The van der Waals surface area contributed by atoms with E-state index in [0.29, 0.717) is 0 Å². The van der Waals surface area contributed by atoms with E-state index in [1.54, 1.807) is 0 Å². The maximum absolute atomic E-state index is 6.42. The molecule has 0 radical (unpaired) electrons. The van der Waals surface area contributed by atoms with Crippen LogP contribution in [0, 0.1) is 31.6 Å². The molecule has 3 rings (SSSR count). The first kappa shape index (κ1) is 12.2. The minimum Gasteiger partial charge on any atom is -0.324 e. The lowest BCUT2D eigenvalue weighted by molar-refractivity contribution is 0.296. The van der Waals surface area contributed by atoms with Crippen LogP contribution in [0.1, 0.15) is 55.1 Å². The number of rotatable bonds is 3. The molecule has 4 unspecified atom stereocenters. The summed E-state index contributed by atoms with van der Waals surface area (Å²) < 4.78 is 0. The molecule has 2 saturated carbocycles. The van der Waals surface area contributed by atoms with Gasteiger partial charge in [0, 0.05) is 17.4 Å². The van der Waals surface area contributed by atoms with Crippen LogP contribution in [0.2, 0.25) is 0 Å². The van der Waals surface area contributed by atoms with Crippen molar-refractivity contribution in [1.29, 1.82) is 0 Å². The van der Waals surface area contributed by atoms with Gasteiger partial charge in [0.25, 0.3) is 0 Å². The molecule has 0 amide bonds. The predicted octanol–water partition coefficient (Wildman–Crippen LogP) is 3.52. The van der Waals surface area contributed by atoms with Crippen molar-refractivity contribution in [3.05, 3.63) is 29.1 Å². The van der Waals surface area contributed by atoms with Crippen LogP contribution >= 0.6 is 0 Å². The van der Waals surface area contributed by atoms with Gasteiger partial charge >= 0.3 is 0 Å². The van der Waals surface area contributed by atoms with E-state index < -0.39 is 0 Å². The highest BCUT2D eigenvalue weighted by Crippen LogP contribution is 2.50. The molecule has 2 fully saturated rings. The van der Waals surface area contributed by atoms with Gasteiger partial charge in [-0.1, -0.05) is 6.42 Å². The summed E-state index contributed by atoms with van der Waals surface area (Å²) in [4.78, 5) is 4.43. The van der Waals surface area contributed by atoms with Crippen LogP contribution in [0.3, 0.4) is 0 Å². The third-order valence-corrected chi connectivity index (χ3v) is 4.97. The Morgan fingerprint density at radius 3 is 2.50 bits per heavy atom. The molecule has 2 nitrogen and oxygen atoms in total. The number of hydrogen-bond donors (Lipinski definition) is 1. The maximum Gasteiger partial charge on any atom is 0.0379 e. The number of fused-ring (bicyclic) bond motifs is 2. The Morgan fingerprint density at radius 1 is 1.22 bits per heavy atom. The molecule has 2 bridgehead atoms. The molecule has 4 atom stereocenters. The first-order valence-corrected chi connectivity index (χ1v) is 7.32. The fraction of sp³-hybridized carbons (Fsp3) is 0.688. The number of nitrogens with two attached hydrogens (primary N) is 1. The molecule has 2 aliphatic carbocycles. The van der Waals surface area contributed by atoms with Crippen LogP contribution in [0.25, 0.3) is 0 Å². The third-order valence-electron chi connectivity index (χ3n) is 4.97. The minimum atomic E-state index is 0.203. The average molecular weight is 244 g/mol. The average Bonchev–Trinajstić information content (AvgIpc) is 2.89. The topological polar surface area (TPSA) is 38.9 Å². The van der Waals surface area contributed by atoms with Gasteiger partial charge in [-0.2, -0.15) is 0 Å². The number of nitrogens with zero attached hydrogens (tertiary/aromatic N) is 1. The van der Waals surface area contributed by atoms with Crippen molar-refractivity contribution < 1.29 is 0 Å². The summed E-state index contributed by atoms with van der Waals surface area (Å²) in [5.41, 5.74) is 9.88. The zero-order chi connectivity index (χ0) is 12.7. The third kappa shape index (κ3) is 2.31. The summed E-state index contributed by atoms with van der Waals surface area (Å²) in [5.74, 6) is 2.88. The smallest absolute Gasteiger partial charge is 0.0379 e. The Kier molecular flexibility index (Phi) is 3.14. The van der Waals surface area contributed by atoms with Crippen molar-refractivity contribution in [3.63, 3.8) is 0 Å². The second-order valence-electron chi connectivity index (χ2n) is 6.46. The van der Waals surface area contributed by atoms with Crippen LogP contribution in [-0.2, 0) is 0 Å². The molecule has 0 spiro atoms. The van der Waals surface area contributed by atoms with Crippen LogP contribution in [-0.4, -0.2) is 4.98 Å². The Labute approximate surface area is 110 Å². The van der Waals surface area contributed by atoms with Gasteiger partial charge in [-0.05, 0) is 75.0 Å². The van der Waals surface area contributed by atoms with Crippen LogP contribution in [0.5, 0.6) is 0 Å². The van der Waals surface area contributed by atoms with E-state index in [0.717, 1.165) is 29.1 Å². The molecule has 1 aromatic rings. The van der Waals surface area contributed by atoms with Crippen LogP contribution in [0.15, 0.2) is 12.1 Å². The second-order valence-corrected chi connectivity index (χ2v) is 6.46. The Hall–Kier alpha value is -0.890. The van der Waals surface area contributed by atoms with E-state index in [1.807, 2.05) is 0 Å². The van der Waals surface area contributed by atoms with Gasteiger partial charge in [-0.15, -0.1) is 0 Å². The molecule has 1 aromatic heterocycles. The number of pyridine rings is 1. The molecule has 2 aliphatic rings. The molecule has 18 heavy (non-hydrogen) atoms. The van der Waals surface area contributed by atoms with Crippen molar-refractivity contribution in [2.45, 2.75) is 52.0 Å². The summed E-state index contributed by atoms with van der Waals surface area (Å²) in [6, 6.07) is 4.52. The number of aryl methyl sites for hydroxylation is 2. The molecule has 0 aromatic carbocycles. The molecule has 2 heteroatoms. The highest BCUT2D eigenvalue weighted by molar-refractivity contribution is 5.23. The van der Waals surface area contributed by atoms with Gasteiger partial charge in [0.05, 0.1) is 0 Å².